The number of aryl methyl sites for hydroxylation is 2. The van der Waals surface area contributed by atoms with Crippen molar-refractivity contribution in [2.75, 3.05) is 0 Å². The van der Waals surface area contributed by atoms with E-state index in [9.17, 15) is 14.7 Å². The number of fused-ring (bicyclic) bond motifs is 1. The van der Waals surface area contributed by atoms with Gasteiger partial charge in [-0.05, 0) is 20.3 Å². The maximum atomic E-state index is 11.6. The van der Waals surface area contributed by atoms with E-state index in [1.54, 1.807) is 6.92 Å². The molecule has 2 heterocycles. The quantitative estimate of drug-likeness (QED) is 0.697. The zero-order valence-electron chi connectivity index (χ0n) is 10.4. The molecule has 2 rings (SSSR count). The Morgan fingerprint density at radius 1 is 1.39 bits per heavy atom. The van der Waals surface area contributed by atoms with Gasteiger partial charge in [0.25, 0.3) is 5.56 Å². The van der Waals surface area contributed by atoms with Crippen molar-refractivity contribution in [1.82, 2.24) is 19.5 Å². The molecule has 0 fully saturated rings. The molecule has 0 saturated carbocycles. The second-order valence-electron chi connectivity index (χ2n) is 4.27. The number of hydrogen-bond donors (Lipinski definition) is 3. The van der Waals surface area contributed by atoms with Crippen LogP contribution in [0, 0.1) is 0 Å². The summed E-state index contributed by atoms with van der Waals surface area (Å²) in [5.74, 6) is 0.601. The molecule has 0 aromatic carbocycles. The predicted molar refractivity (Wildman–Crippen MR) is 66.7 cm³/mol. The lowest BCUT2D eigenvalue weighted by Crippen LogP contribution is -2.29. The number of aliphatic hydroxyl groups is 1. The van der Waals surface area contributed by atoms with Gasteiger partial charge in [-0.25, -0.2) is 9.78 Å². The van der Waals surface area contributed by atoms with E-state index >= 15 is 0 Å². The summed E-state index contributed by atoms with van der Waals surface area (Å²) in [6.07, 6.45) is 0.655. The number of H-pyrrole nitrogens is 2. The van der Waals surface area contributed by atoms with E-state index in [4.69, 9.17) is 0 Å². The molecular formula is C11H16N4O3. The van der Waals surface area contributed by atoms with Crippen LogP contribution in [0.5, 0.6) is 0 Å². The van der Waals surface area contributed by atoms with Crippen LogP contribution < -0.4 is 11.2 Å². The third-order valence-electron chi connectivity index (χ3n) is 2.80. The van der Waals surface area contributed by atoms with Gasteiger partial charge in [0.1, 0.15) is 11.3 Å². The molecule has 1 atom stereocenters. The van der Waals surface area contributed by atoms with Gasteiger partial charge in [0.05, 0.1) is 6.10 Å². The SMILES string of the molecule is CCn1c(=O)[nH]c(=O)c2[nH]c(CCC(C)O)nc21. The molecule has 0 amide bonds. The second-order valence-corrected chi connectivity index (χ2v) is 4.27. The minimum absolute atomic E-state index is 0.303. The van der Waals surface area contributed by atoms with Gasteiger partial charge in [-0.15, -0.1) is 0 Å². The van der Waals surface area contributed by atoms with E-state index in [1.165, 1.54) is 4.57 Å². The van der Waals surface area contributed by atoms with E-state index in [1.807, 2.05) is 6.92 Å². The Kier molecular flexibility index (Phi) is 3.33. The maximum Gasteiger partial charge on any atom is 0.330 e. The highest BCUT2D eigenvalue weighted by Crippen LogP contribution is 2.07. The minimum atomic E-state index is -0.463. The molecule has 7 heteroatoms. The fourth-order valence-corrected chi connectivity index (χ4v) is 1.85. The molecule has 0 aliphatic rings. The van der Waals surface area contributed by atoms with Crippen LogP contribution in [0.2, 0.25) is 0 Å². The molecule has 2 aromatic heterocycles. The first-order valence-electron chi connectivity index (χ1n) is 5.92. The topological polar surface area (TPSA) is 104 Å². The highest BCUT2D eigenvalue weighted by molar-refractivity contribution is 5.69. The molecule has 1 unspecified atom stereocenters. The molecule has 0 radical (unpaired) electrons. The Bertz CT molecular complexity index is 665. The standard InChI is InChI=1S/C11H16N4O3/c1-3-15-9-8(10(17)14-11(15)18)12-7(13-9)5-4-6(2)16/h6,16H,3-5H2,1-2H3,(H,12,13)(H,14,17,18). The Morgan fingerprint density at radius 3 is 2.72 bits per heavy atom. The fraction of sp³-hybridized carbons (Fsp3) is 0.545. The van der Waals surface area contributed by atoms with Crippen molar-refractivity contribution in [3.05, 3.63) is 26.7 Å². The van der Waals surface area contributed by atoms with Crippen molar-refractivity contribution in [3.8, 4) is 0 Å². The number of aliphatic hydroxyl groups excluding tert-OH is 1. The Balaban J connectivity index is 2.53. The number of hydrogen-bond acceptors (Lipinski definition) is 4. The Labute approximate surface area is 102 Å². The molecule has 0 saturated heterocycles. The zero-order chi connectivity index (χ0) is 13.3. The van der Waals surface area contributed by atoms with Gasteiger partial charge in [0, 0.05) is 13.0 Å². The van der Waals surface area contributed by atoms with Crippen LogP contribution >= 0.6 is 0 Å². The van der Waals surface area contributed by atoms with E-state index in [0.717, 1.165) is 0 Å². The minimum Gasteiger partial charge on any atom is -0.393 e. The number of imidazole rings is 1. The van der Waals surface area contributed by atoms with Gasteiger partial charge < -0.3 is 10.1 Å². The predicted octanol–water partition coefficient (Wildman–Crippen LogP) is -0.254. The largest absolute Gasteiger partial charge is 0.393 e. The lowest BCUT2D eigenvalue weighted by atomic mass is 10.2. The van der Waals surface area contributed by atoms with E-state index in [2.05, 4.69) is 15.0 Å². The van der Waals surface area contributed by atoms with Crippen LogP contribution in [0.3, 0.4) is 0 Å². The van der Waals surface area contributed by atoms with E-state index < -0.39 is 17.4 Å². The first-order valence-corrected chi connectivity index (χ1v) is 5.92. The van der Waals surface area contributed by atoms with Gasteiger partial charge in [0.2, 0.25) is 0 Å². The van der Waals surface area contributed by atoms with Crippen LogP contribution in [0.1, 0.15) is 26.1 Å². The molecular weight excluding hydrogens is 236 g/mol. The summed E-state index contributed by atoms with van der Waals surface area (Å²) >= 11 is 0. The Morgan fingerprint density at radius 2 is 2.11 bits per heavy atom. The zero-order valence-corrected chi connectivity index (χ0v) is 10.4. The molecule has 18 heavy (non-hydrogen) atoms. The van der Waals surface area contributed by atoms with Gasteiger partial charge in [-0.2, -0.15) is 0 Å². The molecule has 2 aromatic rings. The third kappa shape index (κ3) is 2.21. The van der Waals surface area contributed by atoms with Crippen LogP contribution in [-0.4, -0.2) is 30.7 Å². The van der Waals surface area contributed by atoms with Crippen molar-refractivity contribution in [2.45, 2.75) is 39.3 Å². The maximum absolute atomic E-state index is 11.6. The molecule has 98 valence electrons. The monoisotopic (exact) mass is 252 g/mol. The van der Waals surface area contributed by atoms with Crippen LogP contribution in [-0.2, 0) is 13.0 Å². The summed E-state index contributed by atoms with van der Waals surface area (Å²) in [5.41, 5.74) is -0.247. The lowest BCUT2D eigenvalue weighted by molar-refractivity contribution is 0.184. The molecule has 0 aliphatic carbocycles. The van der Waals surface area contributed by atoms with Crippen LogP contribution in [0.25, 0.3) is 11.2 Å². The first kappa shape index (κ1) is 12.6. The number of nitrogens with one attached hydrogen (secondary N) is 2. The summed E-state index contributed by atoms with van der Waals surface area (Å²) < 4.78 is 1.40. The summed E-state index contributed by atoms with van der Waals surface area (Å²) in [7, 11) is 0. The lowest BCUT2D eigenvalue weighted by Gasteiger charge is -2.00. The molecule has 7 nitrogen and oxygen atoms in total. The highest BCUT2D eigenvalue weighted by Gasteiger charge is 2.12. The van der Waals surface area contributed by atoms with Crippen molar-refractivity contribution < 1.29 is 5.11 Å². The van der Waals surface area contributed by atoms with Gasteiger partial charge >= 0.3 is 5.69 Å². The molecule has 3 N–H and O–H groups in total. The average molecular weight is 252 g/mol. The highest BCUT2D eigenvalue weighted by atomic mass is 16.3. The summed E-state index contributed by atoms with van der Waals surface area (Å²) in [5, 5.41) is 9.22. The summed E-state index contributed by atoms with van der Waals surface area (Å²) in [4.78, 5) is 32.6. The van der Waals surface area contributed by atoms with Gasteiger partial charge in [-0.1, -0.05) is 0 Å². The third-order valence-corrected chi connectivity index (χ3v) is 2.80. The van der Waals surface area contributed by atoms with Crippen molar-refractivity contribution in [2.24, 2.45) is 0 Å². The summed E-state index contributed by atoms with van der Waals surface area (Å²) in [6.45, 7) is 3.94. The first-order chi connectivity index (χ1) is 8.52. The molecule has 0 bridgehead atoms. The van der Waals surface area contributed by atoms with Crippen LogP contribution in [0.4, 0.5) is 0 Å². The van der Waals surface area contributed by atoms with Gasteiger partial charge in [0.15, 0.2) is 5.65 Å². The fourth-order valence-electron chi connectivity index (χ4n) is 1.85. The summed E-state index contributed by atoms with van der Waals surface area (Å²) in [6, 6.07) is 0. The second kappa shape index (κ2) is 4.77. The molecule has 0 aliphatic heterocycles. The number of nitrogens with zero attached hydrogens (tertiary/aromatic N) is 2. The van der Waals surface area contributed by atoms with Gasteiger partial charge in [-0.3, -0.25) is 14.3 Å². The van der Waals surface area contributed by atoms with E-state index in [0.29, 0.717) is 36.4 Å². The number of aromatic nitrogens is 4. The normalized spacial score (nSPS) is 13.1. The smallest absolute Gasteiger partial charge is 0.330 e. The van der Waals surface area contributed by atoms with Crippen LogP contribution in [0.15, 0.2) is 9.59 Å². The number of aromatic amines is 2. The molecule has 0 spiro atoms. The average Bonchev–Trinajstić information content (AvgIpc) is 2.71. The van der Waals surface area contributed by atoms with E-state index in [-0.39, 0.29) is 0 Å². The van der Waals surface area contributed by atoms with Crippen molar-refractivity contribution >= 4 is 11.2 Å². The Hall–Kier alpha value is -1.89. The van der Waals surface area contributed by atoms with Crippen molar-refractivity contribution in [1.29, 1.82) is 0 Å². The van der Waals surface area contributed by atoms with Crippen molar-refractivity contribution in [3.63, 3.8) is 0 Å². The number of rotatable bonds is 4.